The van der Waals surface area contributed by atoms with Crippen molar-refractivity contribution in [1.82, 2.24) is 10.2 Å². The van der Waals surface area contributed by atoms with E-state index in [-0.39, 0.29) is 23.4 Å². The van der Waals surface area contributed by atoms with E-state index in [1.165, 1.54) is 23.1 Å². The van der Waals surface area contributed by atoms with Gasteiger partial charge in [-0.1, -0.05) is 91.3 Å². The summed E-state index contributed by atoms with van der Waals surface area (Å²) in [5.74, 6) is -1.57. The first-order chi connectivity index (χ1) is 21.1. The van der Waals surface area contributed by atoms with Crippen LogP contribution in [0.4, 0.5) is 10.1 Å². The van der Waals surface area contributed by atoms with Crippen LogP contribution in [0.15, 0.2) is 108 Å². The number of carbonyl (C=O) groups is 2. The first-order valence-electron chi connectivity index (χ1n) is 14.6. The number of amides is 2. The highest BCUT2D eigenvalue weighted by Gasteiger charge is 2.35. The van der Waals surface area contributed by atoms with Crippen molar-refractivity contribution in [2.24, 2.45) is 0 Å². The number of halogens is 1. The Hall–Kier alpha value is -4.50. The molecule has 0 fully saturated rings. The standard InChI is InChI=1S/C35H38FN3O4S/c1-4-22-37-35(41)33(23-28-13-6-5-7-14-28)38(24-29-15-9-10-16-31(29)36)34(40)25-39(32-17-11-8-12-27(32)3)44(42,43)30-20-18-26(2)19-21-30/h5-21,33H,4,22-25H2,1-3H3,(H,37,41)/t33-/m0/s1. The van der Waals surface area contributed by atoms with Gasteiger partial charge in [-0.3, -0.25) is 13.9 Å². The lowest BCUT2D eigenvalue weighted by Crippen LogP contribution is -2.53. The second-order valence-electron chi connectivity index (χ2n) is 10.7. The van der Waals surface area contributed by atoms with E-state index in [0.717, 1.165) is 15.4 Å². The third-order valence-electron chi connectivity index (χ3n) is 7.39. The van der Waals surface area contributed by atoms with Crippen LogP contribution in [0.25, 0.3) is 0 Å². The minimum atomic E-state index is -4.21. The van der Waals surface area contributed by atoms with Gasteiger partial charge in [-0.05, 0) is 55.7 Å². The fourth-order valence-electron chi connectivity index (χ4n) is 4.92. The van der Waals surface area contributed by atoms with Crippen LogP contribution in [0.5, 0.6) is 0 Å². The van der Waals surface area contributed by atoms with Gasteiger partial charge >= 0.3 is 0 Å². The summed E-state index contributed by atoms with van der Waals surface area (Å²) in [6.45, 7) is 5.12. The molecule has 2 amide bonds. The molecule has 0 aliphatic carbocycles. The van der Waals surface area contributed by atoms with Crippen molar-refractivity contribution in [1.29, 1.82) is 0 Å². The highest BCUT2D eigenvalue weighted by molar-refractivity contribution is 7.92. The summed E-state index contributed by atoms with van der Waals surface area (Å²) < 4.78 is 44.3. The van der Waals surface area contributed by atoms with Crippen LogP contribution < -0.4 is 9.62 Å². The van der Waals surface area contributed by atoms with Crippen LogP contribution >= 0.6 is 0 Å². The number of nitrogens with one attached hydrogen (secondary N) is 1. The van der Waals surface area contributed by atoms with Crippen LogP contribution in [0.3, 0.4) is 0 Å². The van der Waals surface area contributed by atoms with Crippen LogP contribution in [-0.4, -0.2) is 44.3 Å². The Morgan fingerprint density at radius 2 is 1.48 bits per heavy atom. The lowest BCUT2D eigenvalue weighted by Gasteiger charge is -2.34. The van der Waals surface area contributed by atoms with Gasteiger partial charge in [0.2, 0.25) is 11.8 Å². The van der Waals surface area contributed by atoms with Gasteiger partial charge in [-0.25, -0.2) is 12.8 Å². The number of hydrogen-bond acceptors (Lipinski definition) is 4. The van der Waals surface area contributed by atoms with Gasteiger partial charge in [0, 0.05) is 25.1 Å². The van der Waals surface area contributed by atoms with Crippen molar-refractivity contribution in [2.75, 3.05) is 17.4 Å². The molecule has 44 heavy (non-hydrogen) atoms. The normalized spacial score (nSPS) is 11.9. The number of nitrogens with zero attached hydrogens (tertiary/aromatic N) is 2. The lowest BCUT2D eigenvalue weighted by molar-refractivity contribution is -0.140. The van der Waals surface area contributed by atoms with Crippen molar-refractivity contribution in [3.05, 3.63) is 131 Å². The van der Waals surface area contributed by atoms with Crippen LogP contribution in [-0.2, 0) is 32.6 Å². The van der Waals surface area contributed by atoms with E-state index in [4.69, 9.17) is 0 Å². The number of rotatable bonds is 13. The van der Waals surface area contributed by atoms with Gasteiger partial charge in [-0.15, -0.1) is 0 Å². The molecule has 1 atom stereocenters. The Labute approximate surface area is 259 Å². The zero-order valence-electron chi connectivity index (χ0n) is 25.2. The summed E-state index contributed by atoms with van der Waals surface area (Å²) in [6, 6.07) is 27.6. The molecule has 0 radical (unpaired) electrons. The zero-order valence-corrected chi connectivity index (χ0v) is 26.1. The smallest absolute Gasteiger partial charge is 0.264 e. The summed E-state index contributed by atoms with van der Waals surface area (Å²) in [4.78, 5) is 29.4. The number of para-hydroxylation sites is 1. The van der Waals surface area contributed by atoms with E-state index in [1.54, 1.807) is 61.5 Å². The summed E-state index contributed by atoms with van der Waals surface area (Å²) in [7, 11) is -4.21. The zero-order chi connectivity index (χ0) is 31.7. The second kappa shape index (κ2) is 14.8. The molecular formula is C35H38FN3O4S. The molecule has 230 valence electrons. The number of benzene rings is 4. The molecule has 0 saturated heterocycles. The maximum atomic E-state index is 15.0. The molecule has 4 rings (SSSR count). The van der Waals surface area contributed by atoms with Gasteiger partial charge < -0.3 is 10.2 Å². The van der Waals surface area contributed by atoms with Gasteiger partial charge in [0.05, 0.1) is 10.6 Å². The first kappa shape index (κ1) is 32.4. The predicted molar refractivity (Wildman–Crippen MR) is 171 cm³/mol. The average molecular weight is 616 g/mol. The number of anilines is 1. The van der Waals surface area contributed by atoms with Gasteiger partial charge in [-0.2, -0.15) is 0 Å². The molecule has 0 saturated carbocycles. The highest BCUT2D eigenvalue weighted by Crippen LogP contribution is 2.28. The van der Waals surface area contributed by atoms with Crippen molar-refractivity contribution in [2.45, 2.75) is 51.1 Å². The number of sulfonamides is 1. The van der Waals surface area contributed by atoms with Crippen LogP contribution in [0.1, 0.15) is 35.6 Å². The molecule has 1 N–H and O–H groups in total. The second-order valence-corrected chi connectivity index (χ2v) is 12.6. The SMILES string of the molecule is CCCNC(=O)[C@H](Cc1ccccc1)N(Cc1ccccc1F)C(=O)CN(c1ccccc1C)S(=O)(=O)c1ccc(C)cc1. The molecular weight excluding hydrogens is 577 g/mol. The molecule has 0 unspecified atom stereocenters. The summed E-state index contributed by atoms with van der Waals surface area (Å²) in [5, 5.41) is 2.89. The quantitative estimate of drug-likeness (QED) is 0.206. The van der Waals surface area contributed by atoms with Crippen LogP contribution in [0, 0.1) is 19.7 Å². The molecule has 7 nitrogen and oxygen atoms in total. The Balaban J connectivity index is 1.81. The lowest BCUT2D eigenvalue weighted by atomic mass is 10.0. The molecule has 0 aromatic heterocycles. The van der Waals surface area contributed by atoms with Crippen molar-refractivity contribution < 1.29 is 22.4 Å². The number of carbonyl (C=O) groups excluding carboxylic acids is 2. The van der Waals surface area contributed by atoms with Gasteiger partial charge in [0.1, 0.15) is 18.4 Å². The molecule has 4 aromatic rings. The molecule has 0 aliphatic heterocycles. The molecule has 0 spiro atoms. The van der Waals surface area contributed by atoms with E-state index in [0.29, 0.717) is 24.2 Å². The van der Waals surface area contributed by atoms with E-state index < -0.39 is 40.2 Å². The monoisotopic (exact) mass is 615 g/mol. The Bertz CT molecular complexity index is 1680. The Morgan fingerprint density at radius 3 is 2.14 bits per heavy atom. The molecule has 4 aromatic carbocycles. The number of hydrogen-bond donors (Lipinski definition) is 1. The van der Waals surface area contributed by atoms with E-state index in [2.05, 4.69) is 5.32 Å². The maximum Gasteiger partial charge on any atom is 0.264 e. The summed E-state index contributed by atoms with van der Waals surface area (Å²) in [5.41, 5.74) is 2.89. The molecule has 0 bridgehead atoms. The van der Waals surface area contributed by atoms with E-state index >= 15 is 0 Å². The third-order valence-corrected chi connectivity index (χ3v) is 9.16. The van der Waals surface area contributed by atoms with Crippen molar-refractivity contribution >= 4 is 27.5 Å². The topological polar surface area (TPSA) is 86.8 Å². The van der Waals surface area contributed by atoms with Crippen LogP contribution in [0.2, 0.25) is 0 Å². The molecule has 9 heteroatoms. The third kappa shape index (κ3) is 7.90. The largest absolute Gasteiger partial charge is 0.354 e. The Morgan fingerprint density at radius 1 is 0.841 bits per heavy atom. The minimum absolute atomic E-state index is 0.0290. The predicted octanol–water partition coefficient (Wildman–Crippen LogP) is 5.80. The first-order valence-corrected chi connectivity index (χ1v) is 16.1. The van der Waals surface area contributed by atoms with Gasteiger partial charge in [0.25, 0.3) is 10.0 Å². The molecule has 0 aliphatic rings. The van der Waals surface area contributed by atoms with E-state index in [9.17, 15) is 22.4 Å². The van der Waals surface area contributed by atoms with Crippen molar-refractivity contribution in [3.8, 4) is 0 Å². The fraction of sp³-hybridized carbons (Fsp3) is 0.257. The average Bonchev–Trinajstić information content (AvgIpc) is 3.02. The van der Waals surface area contributed by atoms with E-state index in [1.807, 2.05) is 44.2 Å². The molecule has 0 heterocycles. The summed E-state index contributed by atoms with van der Waals surface area (Å²) in [6.07, 6.45) is 0.840. The fourth-order valence-corrected chi connectivity index (χ4v) is 6.40. The maximum absolute atomic E-state index is 15.0. The minimum Gasteiger partial charge on any atom is -0.354 e. The van der Waals surface area contributed by atoms with Gasteiger partial charge in [0.15, 0.2) is 0 Å². The Kier molecular flexibility index (Phi) is 10.9. The highest BCUT2D eigenvalue weighted by atomic mass is 32.2. The number of aryl methyl sites for hydroxylation is 2. The summed E-state index contributed by atoms with van der Waals surface area (Å²) >= 11 is 0. The van der Waals surface area contributed by atoms with Crippen molar-refractivity contribution in [3.63, 3.8) is 0 Å².